The molecule has 1 rings (SSSR count). The number of aliphatic hydroxyl groups excluding tert-OH is 1. The lowest BCUT2D eigenvalue weighted by Gasteiger charge is -2.28. The first-order valence-corrected chi connectivity index (χ1v) is 4.75. The minimum Gasteiger partial charge on any atom is -0.455 e. The van der Waals surface area contributed by atoms with E-state index >= 15 is 0 Å². The summed E-state index contributed by atoms with van der Waals surface area (Å²) < 4.78 is 5.15. The molecule has 64 valence electrons. The Kier molecular flexibility index (Phi) is 2.43. The number of carbonyl (C=O) groups excluding carboxylic acids is 1. The van der Waals surface area contributed by atoms with Crippen LogP contribution in [0.25, 0.3) is 0 Å². The SMILES string of the molecule is CC(I)C1(C)OC(=O)CC1O. The fourth-order valence-electron chi connectivity index (χ4n) is 1.06. The fraction of sp³-hybridized carbons (Fsp3) is 0.857. The molecule has 0 amide bonds. The maximum Gasteiger partial charge on any atom is 0.309 e. The van der Waals surface area contributed by atoms with Gasteiger partial charge in [-0.25, -0.2) is 0 Å². The van der Waals surface area contributed by atoms with Crippen LogP contribution in [0, 0.1) is 0 Å². The molecule has 3 unspecified atom stereocenters. The van der Waals surface area contributed by atoms with Crippen LogP contribution in [0.1, 0.15) is 20.3 Å². The van der Waals surface area contributed by atoms with Crippen molar-refractivity contribution < 1.29 is 14.6 Å². The molecule has 0 aromatic rings. The molecule has 0 spiro atoms. The van der Waals surface area contributed by atoms with Gasteiger partial charge >= 0.3 is 5.97 Å². The van der Waals surface area contributed by atoms with Crippen LogP contribution < -0.4 is 0 Å². The molecule has 3 atom stereocenters. The van der Waals surface area contributed by atoms with Gasteiger partial charge in [-0.05, 0) is 13.8 Å². The number of cyclic esters (lactones) is 1. The Morgan fingerprint density at radius 2 is 2.45 bits per heavy atom. The number of alkyl halides is 1. The third kappa shape index (κ3) is 1.51. The summed E-state index contributed by atoms with van der Waals surface area (Å²) in [4.78, 5) is 10.8. The van der Waals surface area contributed by atoms with Crippen LogP contribution in [0.15, 0.2) is 0 Å². The Hall–Kier alpha value is 0.160. The van der Waals surface area contributed by atoms with Crippen LogP contribution in [0.4, 0.5) is 0 Å². The number of rotatable bonds is 1. The van der Waals surface area contributed by atoms with Crippen LogP contribution in [0.2, 0.25) is 0 Å². The van der Waals surface area contributed by atoms with E-state index in [4.69, 9.17) is 4.74 Å². The molecule has 0 radical (unpaired) electrons. The van der Waals surface area contributed by atoms with Crippen LogP contribution >= 0.6 is 22.6 Å². The molecule has 1 saturated heterocycles. The van der Waals surface area contributed by atoms with E-state index in [0.29, 0.717) is 0 Å². The number of halogens is 1. The molecular weight excluding hydrogens is 259 g/mol. The zero-order chi connectivity index (χ0) is 8.65. The van der Waals surface area contributed by atoms with E-state index in [1.807, 2.05) is 6.92 Å². The minimum atomic E-state index is -0.683. The van der Waals surface area contributed by atoms with E-state index in [-0.39, 0.29) is 16.3 Å². The summed E-state index contributed by atoms with van der Waals surface area (Å²) in [6.07, 6.45) is -0.522. The lowest BCUT2D eigenvalue weighted by Crippen LogP contribution is -2.42. The smallest absolute Gasteiger partial charge is 0.309 e. The van der Waals surface area contributed by atoms with Gasteiger partial charge < -0.3 is 9.84 Å². The van der Waals surface area contributed by atoms with Crippen molar-refractivity contribution in [3.63, 3.8) is 0 Å². The highest BCUT2D eigenvalue weighted by Crippen LogP contribution is 2.33. The fourth-order valence-corrected chi connectivity index (χ4v) is 1.60. The number of esters is 1. The lowest BCUT2D eigenvalue weighted by atomic mass is 9.96. The van der Waals surface area contributed by atoms with Crippen molar-refractivity contribution in [3.05, 3.63) is 0 Å². The number of aliphatic hydroxyl groups is 1. The molecule has 11 heavy (non-hydrogen) atoms. The van der Waals surface area contributed by atoms with Gasteiger partial charge in [-0.3, -0.25) is 4.79 Å². The summed E-state index contributed by atoms with van der Waals surface area (Å²) in [6.45, 7) is 3.68. The summed E-state index contributed by atoms with van der Waals surface area (Å²) in [6, 6.07) is 0. The van der Waals surface area contributed by atoms with Crippen molar-refractivity contribution in [1.29, 1.82) is 0 Å². The summed E-state index contributed by atoms with van der Waals surface area (Å²) in [5.74, 6) is -0.302. The second-order valence-electron chi connectivity index (χ2n) is 2.99. The Morgan fingerprint density at radius 3 is 2.64 bits per heavy atom. The van der Waals surface area contributed by atoms with E-state index in [1.54, 1.807) is 6.92 Å². The van der Waals surface area contributed by atoms with Gasteiger partial charge in [0.15, 0.2) is 0 Å². The summed E-state index contributed by atoms with van der Waals surface area (Å²) in [5, 5.41) is 9.44. The van der Waals surface area contributed by atoms with Crippen molar-refractivity contribution in [3.8, 4) is 0 Å². The third-order valence-electron chi connectivity index (χ3n) is 2.15. The van der Waals surface area contributed by atoms with E-state index in [1.165, 1.54) is 0 Å². The number of hydrogen-bond donors (Lipinski definition) is 1. The molecule has 1 aliphatic rings. The second-order valence-corrected chi connectivity index (χ2v) is 4.86. The van der Waals surface area contributed by atoms with E-state index in [2.05, 4.69) is 22.6 Å². The highest BCUT2D eigenvalue weighted by atomic mass is 127. The zero-order valence-electron chi connectivity index (χ0n) is 6.50. The first-order valence-electron chi connectivity index (χ1n) is 3.51. The van der Waals surface area contributed by atoms with Crippen molar-refractivity contribution in [2.45, 2.75) is 35.9 Å². The van der Waals surface area contributed by atoms with Gasteiger partial charge in [0.2, 0.25) is 0 Å². The van der Waals surface area contributed by atoms with Crippen LogP contribution in [0.3, 0.4) is 0 Å². The highest BCUT2D eigenvalue weighted by molar-refractivity contribution is 14.1. The standard InChI is InChI=1S/C7H11IO3/c1-4(8)7(2)5(9)3-6(10)11-7/h4-5,9H,3H2,1-2H3. The molecule has 3 nitrogen and oxygen atoms in total. The molecule has 1 fully saturated rings. The highest BCUT2D eigenvalue weighted by Gasteiger charge is 2.47. The molecule has 0 aromatic heterocycles. The van der Waals surface area contributed by atoms with Crippen molar-refractivity contribution in [2.75, 3.05) is 0 Å². The van der Waals surface area contributed by atoms with Crippen molar-refractivity contribution in [1.82, 2.24) is 0 Å². The average molecular weight is 270 g/mol. The van der Waals surface area contributed by atoms with Crippen LogP contribution in [-0.2, 0) is 9.53 Å². The molecule has 1 heterocycles. The summed E-state index contributed by atoms with van der Waals surface area (Å²) in [7, 11) is 0. The van der Waals surface area contributed by atoms with E-state index in [0.717, 1.165) is 0 Å². The Morgan fingerprint density at radius 1 is 1.91 bits per heavy atom. The van der Waals surface area contributed by atoms with Crippen LogP contribution in [-0.4, -0.2) is 26.7 Å². The van der Waals surface area contributed by atoms with Gasteiger partial charge in [0.1, 0.15) is 11.7 Å². The Labute approximate surface area is 79.3 Å². The molecule has 0 bridgehead atoms. The summed E-state index contributed by atoms with van der Waals surface area (Å²) in [5.41, 5.74) is -0.683. The van der Waals surface area contributed by atoms with Crippen molar-refractivity contribution in [2.24, 2.45) is 0 Å². The predicted molar refractivity (Wildman–Crippen MR) is 48.6 cm³/mol. The molecule has 0 aliphatic carbocycles. The molecular formula is C7H11IO3. The van der Waals surface area contributed by atoms with Gasteiger partial charge in [0, 0.05) is 0 Å². The van der Waals surface area contributed by atoms with Crippen LogP contribution in [0.5, 0.6) is 0 Å². The largest absolute Gasteiger partial charge is 0.455 e. The number of ether oxygens (including phenoxy) is 1. The Bertz CT molecular complexity index is 181. The third-order valence-corrected chi connectivity index (χ3v) is 3.38. The second kappa shape index (κ2) is 2.90. The monoisotopic (exact) mass is 270 g/mol. The zero-order valence-corrected chi connectivity index (χ0v) is 8.66. The Balaban J connectivity index is 2.78. The average Bonchev–Trinajstić information content (AvgIpc) is 2.08. The molecule has 0 aromatic carbocycles. The normalized spacial score (nSPS) is 40.4. The van der Waals surface area contributed by atoms with E-state index in [9.17, 15) is 9.90 Å². The first-order chi connectivity index (χ1) is 4.97. The maximum atomic E-state index is 10.8. The van der Waals surface area contributed by atoms with E-state index < -0.39 is 11.7 Å². The summed E-state index contributed by atoms with van der Waals surface area (Å²) >= 11 is 2.15. The molecule has 1 N–H and O–H groups in total. The number of hydrogen-bond acceptors (Lipinski definition) is 3. The quantitative estimate of drug-likeness (QED) is 0.437. The van der Waals surface area contributed by atoms with Gasteiger partial charge in [-0.2, -0.15) is 0 Å². The van der Waals surface area contributed by atoms with Gasteiger partial charge in [-0.15, -0.1) is 0 Å². The van der Waals surface area contributed by atoms with Crippen molar-refractivity contribution >= 4 is 28.6 Å². The van der Waals surface area contributed by atoms with Gasteiger partial charge in [0.05, 0.1) is 10.3 Å². The predicted octanol–water partition coefficient (Wildman–Crippen LogP) is 0.876. The first kappa shape index (κ1) is 9.25. The molecule has 1 aliphatic heterocycles. The topological polar surface area (TPSA) is 46.5 Å². The lowest BCUT2D eigenvalue weighted by molar-refractivity contribution is -0.148. The molecule has 0 saturated carbocycles. The number of carbonyl (C=O) groups is 1. The minimum absolute atomic E-state index is 0.126. The maximum absolute atomic E-state index is 10.8. The molecule has 4 heteroatoms. The van der Waals surface area contributed by atoms with Gasteiger partial charge in [-0.1, -0.05) is 22.6 Å². The van der Waals surface area contributed by atoms with Gasteiger partial charge in [0.25, 0.3) is 0 Å².